The van der Waals surface area contributed by atoms with Crippen molar-refractivity contribution in [2.45, 2.75) is 13.5 Å². The van der Waals surface area contributed by atoms with Gasteiger partial charge in [0.1, 0.15) is 18.1 Å². The summed E-state index contributed by atoms with van der Waals surface area (Å²) in [4.78, 5) is 12.5. The molecule has 7 heteroatoms. The maximum absolute atomic E-state index is 13.7. The van der Waals surface area contributed by atoms with Gasteiger partial charge in [0.05, 0.1) is 12.7 Å². The first-order valence-electron chi connectivity index (χ1n) is 7.86. The standard InChI is InChI=1S/C19H17FN2O4/c1-12-15(11-25-17-9-4-3-8-16(17)20)18(22-26-12)19(23)21-13-6-5-7-14(10-13)24-2/h3-10H,11H2,1-2H3,(H,21,23). The number of anilines is 1. The summed E-state index contributed by atoms with van der Waals surface area (Å²) in [6.45, 7) is 1.62. The van der Waals surface area contributed by atoms with E-state index in [1.165, 1.54) is 12.1 Å². The Hall–Kier alpha value is -3.35. The SMILES string of the molecule is COc1cccc(NC(=O)c2noc(C)c2COc2ccccc2F)c1. The van der Waals surface area contributed by atoms with Crippen LogP contribution in [-0.4, -0.2) is 18.2 Å². The molecule has 26 heavy (non-hydrogen) atoms. The lowest BCUT2D eigenvalue weighted by Gasteiger charge is -2.08. The van der Waals surface area contributed by atoms with E-state index < -0.39 is 11.7 Å². The van der Waals surface area contributed by atoms with E-state index in [4.69, 9.17) is 14.0 Å². The number of nitrogens with one attached hydrogen (secondary N) is 1. The van der Waals surface area contributed by atoms with Gasteiger partial charge < -0.3 is 19.3 Å². The van der Waals surface area contributed by atoms with Crippen LogP contribution in [-0.2, 0) is 6.61 Å². The first kappa shape index (κ1) is 17.5. The second kappa shape index (κ2) is 7.69. The van der Waals surface area contributed by atoms with Gasteiger partial charge in [-0.15, -0.1) is 0 Å². The van der Waals surface area contributed by atoms with E-state index in [0.29, 0.717) is 22.8 Å². The predicted molar refractivity (Wildman–Crippen MR) is 92.9 cm³/mol. The molecule has 3 rings (SSSR count). The number of methoxy groups -OCH3 is 1. The third kappa shape index (κ3) is 3.83. The van der Waals surface area contributed by atoms with Crippen LogP contribution >= 0.6 is 0 Å². The molecular weight excluding hydrogens is 339 g/mol. The maximum atomic E-state index is 13.7. The lowest BCUT2D eigenvalue weighted by atomic mass is 10.2. The van der Waals surface area contributed by atoms with Crippen LogP contribution in [0.1, 0.15) is 21.8 Å². The maximum Gasteiger partial charge on any atom is 0.278 e. The summed E-state index contributed by atoms with van der Waals surface area (Å²) in [6, 6.07) is 13.0. The van der Waals surface area contributed by atoms with E-state index in [1.54, 1.807) is 50.4 Å². The highest BCUT2D eigenvalue weighted by atomic mass is 19.1. The summed E-state index contributed by atoms with van der Waals surface area (Å²) in [5.41, 5.74) is 1.09. The van der Waals surface area contributed by atoms with Crippen molar-refractivity contribution in [2.75, 3.05) is 12.4 Å². The Labute approximate surface area is 149 Å². The smallest absolute Gasteiger partial charge is 0.278 e. The fourth-order valence-corrected chi connectivity index (χ4v) is 2.34. The molecule has 3 aromatic rings. The molecule has 0 aliphatic carbocycles. The number of benzene rings is 2. The number of hydrogen-bond donors (Lipinski definition) is 1. The second-order valence-electron chi connectivity index (χ2n) is 5.47. The number of ether oxygens (including phenoxy) is 2. The molecule has 0 radical (unpaired) electrons. The van der Waals surface area contributed by atoms with Gasteiger partial charge in [-0.3, -0.25) is 4.79 Å². The predicted octanol–water partition coefficient (Wildman–Crippen LogP) is 3.96. The van der Waals surface area contributed by atoms with Gasteiger partial charge in [0, 0.05) is 11.8 Å². The highest BCUT2D eigenvalue weighted by Gasteiger charge is 2.21. The number of aryl methyl sites for hydroxylation is 1. The minimum atomic E-state index is -0.482. The largest absolute Gasteiger partial charge is 0.497 e. The minimum Gasteiger partial charge on any atom is -0.497 e. The van der Waals surface area contributed by atoms with Crippen LogP contribution in [0.2, 0.25) is 0 Å². The van der Waals surface area contributed by atoms with Gasteiger partial charge in [-0.2, -0.15) is 0 Å². The quantitative estimate of drug-likeness (QED) is 0.724. The Morgan fingerprint density at radius 1 is 1.23 bits per heavy atom. The Bertz CT molecular complexity index is 923. The molecule has 1 heterocycles. The third-order valence-electron chi connectivity index (χ3n) is 3.74. The molecule has 0 fully saturated rings. The van der Waals surface area contributed by atoms with Crippen molar-refractivity contribution < 1.29 is 23.2 Å². The van der Waals surface area contributed by atoms with Crippen molar-refractivity contribution in [3.63, 3.8) is 0 Å². The minimum absolute atomic E-state index is 0.0445. The number of halogens is 1. The summed E-state index contributed by atoms with van der Waals surface area (Å²) in [5, 5.41) is 6.52. The molecule has 0 unspecified atom stereocenters. The molecule has 2 aromatic carbocycles. The van der Waals surface area contributed by atoms with E-state index in [-0.39, 0.29) is 18.1 Å². The Kier molecular flexibility index (Phi) is 5.17. The van der Waals surface area contributed by atoms with Crippen LogP contribution in [0, 0.1) is 12.7 Å². The fourth-order valence-electron chi connectivity index (χ4n) is 2.34. The molecule has 0 bridgehead atoms. The fraction of sp³-hybridized carbons (Fsp3) is 0.158. The molecule has 134 valence electrons. The normalized spacial score (nSPS) is 10.4. The summed E-state index contributed by atoms with van der Waals surface area (Å²) < 4.78 is 29.4. The van der Waals surface area contributed by atoms with Gasteiger partial charge in [0.2, 0.25) is 0 Å². The monoisotopic (exact) mass is 356 g/mol. The summed E-state index contributed by atoms with van der Waals surface area (Å²) in [7, 11) is 1.54. The number of carbonyl (C=O) groups excluding carboxylic acids is 1. The lowest BCUT2D eigenvalue weighted by Crippen LogP contribution is -2.15. The van der Waals surface area contributed by atoms with E-state index >= 15 is 0 Å². The number of amides is 1. The second-order valence-corrected chi connectivity index (χ2v) is 5.47. The van der Waals surface area contributed by atoms with Gasteiger partial charge in [-0.05, 0) is 31.2 Å². The number of aromatic nitrogens is 1. The van der Waals surface area contributed by atoms with Crippen molar-refractivity contribution in [1.82, 2.24) is 5.16 Å². The highest BCUT2D eigenvalue weighted by Crippen LogP contribution is 2.22. The van der Waals surface area contributed by atoms with Gasteiger partial charge in [-0.1, -0.05) is 23.4 Å². The average Bonchev–Trinajstić information content (AvgIpc) is 3.02. The van der Waals surface area contributed by atoms with Crippen LogP contribution in [0.25, 0.3) is 0 Å². The van der Waals surface area contributed by atoms with Crippen molar-refractivity contribution in [2.24, 2.45) is 0 Å². The Morgan fingerprint density at radius 3 is 2.81 bits per heavy atom. The van der Waals surface area contributed by atoms with Gasteiger partial charge in [-0.25, -0.2) is 4.39 Å². The number of rotatable bonds is 6. The van der Waals surface area contributed by atoms with Crippen LogP contribution in [0.3, 0.4) is 0 Å². The van der Waals surface area contributed by atoms with Gasteiger partial charge in [0.25, 0.3) is 5.91 Å². The van der Waals surface area contributed by atoms with Crippen molar-refractivity contribution in [3.8, 4) is 11.5 Å². The third-order valence-corrected chi connectivity index (χ3v) is 3.74. The number of hydrogen-bond acceptors (Lipinski definition) is 5. The average molecular weight is 356 g/mol. The van der Waals surface area contributed by atoms with Crippen molar-refractivity contribution in [1.29, 1.82) is 0 Å². The highest BCUT2D eigenvalue weighted by molar-refractivity contribution is 6.04. The van der Waals surface area contributed by atoms with E-state index in [2.05, 4.69) is 10.5 Å². The van der Waals surface area contributed by atoms with Crippen molar-refractivity contribution >= 4 is 11.6 Å². The molecule has 0 saturated heterocycles. The summed E-state index contributed by atoms with van der Waals surface area (Å²) in [6.07, 6.45) is 0. The summed E-state index contributed by atoms with van der Waals surface area (Å²) >= 11 is 0. The number of nitrogens with zero attached hydrogens (tertiary/aromatic N) is 1. The molecule has 6 nitrogen and oxygen atoms in total. The zero-order valence-corrected chi connectivity index (χ0v) is 14.3. The first-order valence-corrected chi connectivity index (χ1v) is 7.86. The molecule has 0 aliphatic heterocycles. The van der Waals surface area contributed by atoms with Gasteiger partial charge >= 0.3 is 0 Å². The first-order chi connectivity index (χ1) is 12.6. The zero-order valence-electron chi connectivity index (χ0n) is 14.3. The molecular formula is C19H17FN2O4. The van der Waals surface area contributed by atoms with Crippen molar-refractivity contribution in [3.05, 3.63) is 71.4 Å². The van der Waals surface area contributed by atoms with Crippen LogP contribution in [0.4, 0.5) is 10.1 Å². The number of para-hydroxylation sites is 1. The molecule has 0 atom stereocenters. The molecule has 0 spiro atoms. The van der Waals surface area contributed by atoms with E-state index in [9.17, 15) is 9.18 Å². The Balaban J connectivity index is 1.76. The zero-order chi connectivity index (χ0) is 18.5. The molecule has 0 aliphatic rings. The molecule has 0 saturated carbocycles. The van der Waals surface area contributed by atoms with E-state index in [0.717, 1.165) is 0 Å². The number of carbonyl (C=O) groups is 1. The summed E-state index contributed by atoms with van der Waals surface area (Å²) in [5.74, 6) is 0.192. The molecule has 1 N–H and O–H groups in total. The lowest BCUT2D eigenvalue weighted by molar-refractivity contribution is 0.101. The van der Waals surface area contributed by atoms with Crippen LogP contribution in [0.15, 0.2) is 53.1 Å². The topological polar surface area (TPSA) is 73.6 Å². The molecule has 1 amide bonds. The van der Waals surface area contributed by atoms with Crippen LogP contribution in [0.5, 0.6) is 11.5 Å². The Morgan fingerprint density at radius 2 is 2.04 bits per heavy atom. The molecule has 1 aromatic heterocycles. The van der Waals surface area contributed by atoms with E-state index in [1.807, 2.05) is 0 Å². The van der Waals surface area contributed by atoms with Crippen LogP contribution < -0.4 is 14.8 Å². The van der Waals surface area contributed by atoms with Gasteiger partial charge in [0.15, 0.2) is 17.3 Å².